The molecular weight excluding hydrogens is 266 g/mol. The zero-order valence-electron chi connectivity index (χ0n) is 10.7. The Kier molecular flexibility index (Phi) is 4.99. The lowest BCUT2D eigenvalue weighted by Crippen LogP contribution is -2.13. The number of aromatic nitrogens is 1. The number of hydrogen-bond acceptors (Lipinski definition) is 3. The second-order valence-corrected chi connectivity index (χ2v) is 5.37. The molecule has 1 N–H and O–H groups in total. The van der Waals surface area contributed by atoms with Gasteiger partial charge in [0.15, 0.2) is 0 Å². The molecule has 0 aliphatic carbocycles. The van der Waals surface area contributed by atoms with Gasteiger partial charge < -0.3 is 5.32 Å². The molecule has 2 nitrogen and oxygen atoms in total. The van der Waals surface area contributed by atoms with Crippen molar-refractivity contribution in [2.75, 3.05) is 6.54 Å². The van der Waals surface area contributed by atoms with E-state index in [9.17, 15) is 8.78 Å². The number of nitrogens with one attached hydrogen (secondary N) is 1. The summed E-state index contributed by atoms with van der Waals surface area (Å²) in [5, 5.41) is 3.67. The smallest absolute Gasteiger partial charge is 0.136 e. The lowest BCUT2D eigenvalue weighted by Gasteiger charge is -2.01. The van der Waals surface area contributed by atoms with E-state index >= 15 is 0 Å². The molecule has 1 aromatic carbocycles. The first-order valence-electron chi connectivity index (χ1n) is 6.32. The molecule has 0 bridgehead atoms. The van der Waals surface area contributed by atoms with Crippen LogP contribution in [0.25, 0.3) is 10.6 Å². The summed E-state index contributed by atoms with van der Waals surface area (Å²) in [6.45, 7) is 3.76. The average molecular weight is 282 g/mol. The van der Waals surface area contributed by atoms with Gasteiger partial charge in [-0.3, -0.25) is 0 Å². The lowest BCUT2D eigenvalue weighted by atomic mass is 10.2. The normalized spacial score (nSPS) is 10.9. The molecular formula is C14H16F2N2S. The molecule has 102 valence electrons. The molecule has 0 fully saturated rings. The molecule has 0 unspecified atom stereocenters. The van der Waals surface area contributed by atoms with Crippen molar-refractivity contribution in [2.45, 2.75) is 26.3 Å². The van der Waals surface area contributed by atoms with Crippen molar-refractivity contribution in [3.05, 3.63) is 40.9 Å². The highest BCUT2D eigenvalue weighted by Gasteiger charge is 2.14. The van der Waals surface area contributed by atoms with Crippen molar-refractivity contribution in [3.63, 3.8) is 0 Å². The van der Waals surface area contributed by atoms with Crippen LogP contribution in [-0.2, 0) is 6.54 Å². The maximum atomic E-state index is 13.6. The van der Waals surface area contributed by atoms with Crippen molar-refractivity contribution in [1.29, 1.82) is 0 Å². The predicted molar refractivity (Wildman–Crippen MR) is 74.1 cm³/mol. The fourth-order valence-electron chi connectivity index (χ4n) is 1.72. The summed E-state index contributed by atoms with van der Waals surface area (Å²) in [4.78, 5) is 5.09. The number of rotatable bonds is 6. The molecule has 5 heteroatoms. The van der Waals surface area contributed by atoms with Crippen LogP contribution in [-0.4, -0.2) is 11.5 Å². The van der Waals surface area contributed by atoms with E-state index in [1.165, 1.54) is 29.5 Å². The molecule has 0 amide bonds. The third kappa shape index (κ3) is 3.58. The molecule has 2 aromatic rings. The van der Waals surface area contributed by atoms with Crippen molar-refractivity contribution < 1.29 is 8.78 Å². The summed E-state index contributed by atoms with van der Waals surface area (Å²) in [7, 11) is 0. The Morgan fingerprint density at radius 2 is 2.00 bits per heavy atom. The molecule has 2 rings (SSSR count). The summed E-state index contributed by atoms with van der Waals surface area (Å²) in [5.41, 5.74) is -0.0349. The van der Waals surface area contributed by atoms with E-state index in [0.717, 1.165) is 24.3 Å². The molecule has 0 radical (unpaired) electrons. The van der Waals surface area contributed by atoms with Crippen molar-refractivity contribution >= 4 is 11.3 Å². The SMILES string of the molecule is CCCCNCc1cnc(-c2c(F)cccc2F)s1. The minimum Gasteiger partial charge on any atom is -0.312 e. The number of unbranched alkanes of at least 4 members (excludes halogenated alkanes) is 1. The Labute approximate surface area is 115 Å². The number of thiazole rings is 1. The molecule has 0 aliphatic heterocycles. The van der Waals surface area contributed by atoms with Crippen LogP contribution in [0.2, 0.25) is 0 Å². The summed E-state index contributed by atoms with van der Waals surface area (Å²) in [5.74, 6) is -1.14. The van der Waals surface area contributed by atoms with E-state index in [4.69, 9.17) is 0 Å². The summed E-state index contributed by atoms with van der Waals surface area (Å²) >= 11 is 1.32. The molecule has 0 aliphatic rings. The van der Waals surface area contributed by atoms with Crippen LogP contribution in [0.5, 0.6) is 0 Å². The van der Waals surface area contributed by atoms with Crippen LogP contribution in [0.3, 0.4) is 0 Å². The zero-order valence-corrected chi connectivity index (χ0v) is 11.6. The van der Waals surface area contributed by atoms with Crippen LogP contribution < -0.4 is 5.32 Å². The highest BCUT2D eigenvalue weighted by molar-refractivity contribution is 7.15. The zero-order chi connectivity index (χ0) is 13.7. The number of benzene rings is 1. The molecule has 0 saturated carbocycles. The maximum absolute atomic E-state index is 13.6. The van der Waals surface area contributed by atoms with Gasteiger partial charge in [-0.15, -0.1) is 11.3 Å². The Morgan fingerprint density at radius 1 is 1.26 bits per heavy atom. The highest BCUT2D eigenvalue weighted by atomic mass is 32.1. The lowest BCUT2D eigenvalue weighted by molar-refractivity contribution is 0.589. The standard InChI is InChI=1S/C14H16F2N2S/c1-2-3-7-17-8-10-9-18-14(19-10)13-11(15)5-4-6-12(13)16/h4-6,9,17H,2-3,7-8H2,1H3. The largest absolute Gasteiger partial charge is 0.312 e. The quantitative estimate of drug-likeness (QED) is 0.811. The number of hydrogen-bond donors (Lipinski definition) is 1. The van der Waals surface area contributed by atoms with E-state index in [0.29, 0.717) is 11.6 Å². The fourth-order valence-corrected chi connectivity index (χ4v) is 2.65. The van der Waals surface area contributed by atoms with E-state index in [2.05, 4.69) is 17.2 Å². The van der Waals surface area contributed by atoms with Crippen molar-refractivity contribution in [1.82, 2.24) is 10.3 Å². The molecule has 1 aromatic heterocycles. The first-order valence-corrected chi connectivity index (χ1v) is 7.13. The maximum Gasteiger partial charge on any atom is 0.136 e. The van der Waals surface area contributed by atoms with Crippen LogP contribution in [0.4, 0.5) is 8.78 Å². The van der Waals surface area contributed by atoms with Gasteiger partial charge in [0, 0.05) is 17.6 Å². The third-order valence-corrected chi connectivity index (χ3v) is 3.75. The van der Waals surface area contributed by atoms with Gasteiger partial charge in [0.05, 0.1) is 5.56 Å². The topological polar surface area (TPSA) is 24.9 Å². The molecule has 19 heavy (non-hydrogen) atoms. The van der Waals surface area contributed by atoms with E-state index < -0.39 is 11.6 Å². The van der Waals surface area contributed by atoms with Crippen LogP contribution >= 0.6 is 11.3 Å². The van der Waals surface area contributed by atoms with Crippen LogP contribution in [0, 0.1) is 11.6 Å². The van der Waals surface area contributed by atoms with Gasteiger partial charge in [0.1, 0.15) is 16.6 Å². The first-order chi connectivity index (χ1) is 9.22. The minimum absolute atomic E-state index is 0.0349. The third-order valence-electron chi connectivity index (χ3n) is 2.74. The molecule has 0 atom stereocenters. The minimum atomic E-state index is -0.570. The van der Waals surface area contributed by atoms with Crippen LogP contribution in [0.15, 0.2) is 24.4 Å². The van der Waals surface area contributed by atoms with Crippen LogP contribution in [0.1, 0.15) is 24.6 Å². The second-order valence-electron chi connectivity index (χ2n) is 4.26. The van der Waals surface area contributed by atoms with Gasteiger partial charge in [-0.2, -0.15) is 0 Å². The van der Waals surface area contributed by atoms with Gasteiger partial charge in [0.25, 0.3) is 0 Å². The second kappa shape index (κ2) is 6.73. The van der Waals surface area contributed by atoms with Crippen molar-refractivity contribution in [3.8, 4) is 10.6 Å². The van der Waals surface area contributed by atoms with Gasteiger partial charge in [-0.25, -0.2) is 13.8 Å². The summed E-state index contributed by atoms with van der Waals surface area (Å²) in [6, 6.07) is 3.85. The number of nitrogens with zero attached hydrogens (tertiary/aromatic N) is 1. The average Bonchev–Trinajstić information content (AvgIpc) is 2.83. The predicted octanol–water partition coefficient (Wildman–Crippen LogP) is 3.98. The Bertz CT molecular complexity index is 520. The highest BCUT2D eigenvalue weighted by Crippen LogP contribution is 2.29. The molecule has 1 heterocycles. The summed E-state index contributed by atoms with van der Waals surface area (Å²) in [6.07, 6.45) is 3.93. The van der Waals surface area contributed by atoms with Crippen molar-refractivity contribution in [2.24, 2.45) is 0 Å². The van der Waals surface area contributed by atoms with Gasteiger partial charge in [-0.05, 0) is 25.1 Å². The van der Waals surface area contributed by atoms with Gasteiger partial charge >= 0.3 is 0 Å². The Hall–Kier alpha value is -1.33. The number of halogens is 2. The molecule has 0 spiro atoms. The molecule has 0 saturated heterocycles. The Balaban J connectivity index is 2.08. The summed E-state index contributed by atoms with van der Waals surface area (Å²) < 4.78 is 27.2. The fraction of sp³-hybridized carbons (Fsp3) is 0.357. The van der Waals surface area contributed by atoms with E-state index in [-0.39, 0.29) is 5.56 Å². The van der Waals surface area contributed by atoms with Gasteiger partial charge in [-0.1, -0.05) is 19.4 Å². The first kappa shape index (κ1) is 14.1. The van der Waals surface area contributed by atoms with E-state index in [1.807, 2.05) is 0 Å². The van der Waals surface area contributed by atoms with Gasteiger partial charge in [0.2, 0.25) is 0 Å². The Morgan fingerprint density at radius 3 is 2.68 bits per heavy atom. The monoisotopic (exact) mass is 282 g/mol. The van der Waals surface area contributed by atoms with E-state index in [1.54, 1.807) is 6.20 Å².